The monoisotopic (exact) mass is 205 g/mol. The lowest BCUT2D eigenvalue weighted by molar-refractivity contribution is -0.122. The maximum Gasteiger partial charge on any atom is 0.220 e. The zero-order chi connectivity index (χ0) is 9.68. The second-order valence-corrected chi connectivity index (χ2v) is 3.84. The SMILES string of the molecule is O=C(CCCCl)NC1CCCC1O. The molecule has 1 aliphatic rings. The van der Waals surface area contributed by atoms with Gasteiger partial charge >= 0.3 is 0 Å². The molecule has 4 heteroatoms. The van der Waals surface area contributed by atoms with Crippen molar-refractivity contribution in [2.24, 2.45) is 0 Å². The standard InChI is InChI=1S/C9H16ClNO2/c10-6-2-5-9(13)11-7-3-1-4-8(7)12/h7-8,12H,1-6H2,(H,11,13). The van der Waals surface area contributed by atoms with Gasteiger partial charge in [0, 0.05) is 12.3 Å². The predicted molar refractivity (Wildman–Crippen MR) is 51.7 cm³/mol. The van der Waals surface area contributed by atoms with Crippen molar-refractivity contribution in [2.75, 3.05) is 5.88 Å². The molecule has 2 unspecified atom stereocenters. The largest absolute Gasteiger partial charge is 0.391 e. The Morgan fingerprint density at radius 2 is 2.31 bits per heavy atom. The first-order valence-electron chi connectivity index (χ1n) is 4.77. The number of carbonyl (C=O) groups excluding carboxylic acids is 1. The third-order valence-electron chi connectivity index (χ3n) is 2.36. The van der Waals surface area contributed by atoms with E-state index >= 15 is 0 Å². The first kappa shape index (κ1) is 10.8. The molecule has 0 aromatic heterocycles. The summed E-state index contributed by atoms with van der Waals surface area (Å²) in [5.74, 6) is 0.521. The molecule has 1 rings (SSSR count). The number of amides is 1. The maximum atomic E-state index is 11.2. The summed E-state index contributed by atoms with van der Waals surface area (Å²) in [6, 6.07) is -0.0252. The predicted octanol–water partition coefficient (Wildman–Crippen LogP) is 1.03. The van der Waals surface area contributed by atoms with E-state index in [1.165, 1.54) is 0 Å². The molecule has 0 saturated heterocycles. The second kappa shape index (κ2) is 5.45. The smallest absolute Gasteiger partial charge is 0.220 e. The highest BCUT2D eigenvalue weighted by atomic mass is 35.5. The number of halogens is 1. The summed E-state index contributed by atoms with van der Waals surface area (Å²) >= 11 is 5.46. The zero-order valence-electron chi connectivity index (χ0n) is 7.63. The first-order valence-corrected chi connectivity index (χ1v) is 5.31. The van der Waals surface area contributed by atoms with Crippen LogP contribution in [0.15, 0.2) is 0 Å². The minimum Gasteiger partial charge on any atom is -0.391 e. The lowest BCUT2D eigenvalue weighted by Gasteiger charge is -2.15. The van der Waals surface area contributed by atoms with Gasteiger partial charge in [0.15, 0.2) is 0 Å². The Morgan fingerprint density at radius 1 is 1.54 bits per heavy atom. The summed E-state index contributed by atoms with van der Waals surface area (Å²) in [6.45, 7) is 0. The third-order valence-corrected chi connectivity index (χ3v) is 2.63. The molecule has 0 heterocycles. The van der Waals surface area contributed by atoms with Crippen LogP contribution in [0.25, 0.3) is 0 Å². The number of rotatable bonds is 4. The van der Waals surface area contributed by atoms with Gasteiger partial charge in [0.05, 0.1) is 12.1 Å². The number of aliphatic hydroxyl groups excluding tert-OH is 1. The summed E-state index contributed by atoms with van der Waals surface area (Å²) in [6.07, 6.45) is 3.53. The summed E-state index contributed by atoms with van der Waals surface area (Å²) in [5.41, 5.74) is 0. The van der Waals surface area contributed by atoms with Crippen LogP contribution in [0.5, 0.6) is 0 Å². The minimum absolute atomic E-state index is 0.00611. The molecule has 0 spiro atoms. The molecule has 1 saturated carbocycles. The quantitative estimate of drug-likeness (QED) is 0.674. The van der Waals surface area contributed by atoms with Crippen molar-refractivity contribution in [3.63, 3.8) is 0 Å². The first-order chi connectivity index (χ1) is 6.24. The van der Waals surface area contributed by atoms with Gasteiger partial charge in [0.2, 0.25) is 5.91 Å². The fourth-order valence-electron chi connectivity index (χ4n) is 1.62. The van der Waals surface area contributed by atoms with Crippen LogP contribution < -0.4 is 5.32 Å². The van der Waals surface area contributed by atoms with Crippen molar-refractivity contribution >= 4 is 17.5 Å². The van der Waals surface area contributed by atoms with Gasteiger partial charge in [-0.05, 0) is 25.7 Å². The van der Waals surface area contributed by atoms with Crippen LogP contribution in [0.3, 0.4) is 0 Å². The molecule has 3 nitrogen and oxygen atoms in total. The average molecular weight is 206 g/mol. The van der Waals surface area contributed by atoms with Crippen molar-refractivity contribution in [1.82, 2.24) is 5.32 Å². The summed E-state index contributed by atoms with van der Waals surface area (Å²) < 4.78 is 0. The van der Waals surface area contributed by atoms with E-state index in [4.69, 9.17) is 11.6 Å². The molecule has 2 N–H and O–H groups in total. The lowest BCUT2D eigenvalue weighted by atomic mass is 10.2. The molecular formula is C9H16ClNO2. The van der Waals surface area contributed by atoms with Gasteiger partial charge in [0.1, 0.15) is 0 Å². The normalized spacial score (nSPS) is 27.5. The summed E-state index contributed by atoms with van der Waals surface area (Å²) in [5, 5.41) is 12.2. The van der Waals surface area contributed by atoms with Gasteiger partial charge in [-0.1, -0.05) is 0 Å². The molecule has 1 amide bonds. The zero-order valence-corrected chi connectivity index (χ0v) is 8.39. The molecule has 76 valence electrons. The highest BCUT2D eigenvalue weighted by Crippen LogP contribution is 2.18. The highest BCUT2D eigenvalue weighted by molar-refractivity contribution is 6.17. The van der Waals surface area contributed by atoms with Crippen LogP contribution in [-0.2, 0) is 4.79 Å². The molecule has 0 aromatic carbocycles. The third kappa shape index (κ3) is 3.53. The van der Waals surface area contributed by atoms with Gasteiger partial charge in [-0.15, -0.1) is 11.6 Å². The number of nitrogens with one attached hydrogen (secondary N) is 1. The number of hydrogen-bond donors (Lipinski definition) is 2. The Morgan fingerprint density at radius 3 is 2.85 bits per heavy atom. The van der Waals surface area contributed by atoms with Crippen LogP contribution in [0.2, 0.25) is 0 Å². The summed E-state index contributed by atoms with van der Waals surface area (Å²) in [7, 11) is 0. The summed E-state index contributed by atoms with van der Waals surface area (Å²) in [4.78, 5) is 11.2. The Labute approximate surface area is 83.5 Å². The fraction of sp³-hybridized carbons (Fsp3) is 0.889. The number of aliphatic hydroxyl groups is 1. The Balaban J connectivity index is 2.19. The van der Waals surface area contributed by atoms with Gasteiger partial charge in [-0.3, -0.25) is 4.79 Å². The highest BCUT2D eigenvalue weighted by Gasteiger charge is 2.25. The number of carbonyl (C=O) groups is 1. The van der Waals surface area contributed by atoms with Crippen molar-refractivity contribution in [3.05, 3.63) is 0 Å². The van der Waals surface area contributed by atoms with E-state index in [1.54, 1.807) is 0 Å². The van der Waals surface area contributed by atoms with Crippen molar-refractivity contribution < 1.29 is 9.90 Å². The molecule has 0 aliphatic heterocycles. The maximum absolute atomic E-state index is 11.2. The average Bonchev–Trinajstić information content (AvgIpc) is 2.48. The van der Waals surface area contributed by atoms with E-state index in [9.17, 15) is 9.90 Å². The van der Waals surface area contributed by atoms with Crippen LogP contribution in [-0.4, -0.2) is 29.0 Å². The fourth-order valence-corrected chi connectivity index (χ4v) is 1.75. The van der Waals surface area contributed by atoms with Crippen molar-refractivity contribution in [2.45, 2.75) is 44.2 Å². The van der Waals surface area contributed by atoms with Crippen LogP contribution in [0, 0.1) is 0 Å². The van der Waals surface area contributed by atoms with E-state index in [0.29, 0.717) is 18.7 Å². The Bertz CT molecular complexity index is 175. The van der Waals surface area contributed by atoms with Gasteiger partial charge in [-0.2, -0.15) is 0 Å². The van der Waals surface area contributed by atoms with Crippen molar-refractivity contribution in [3.8, 4) is 0 Å². The van der Waals surface area contributed by atoms with E-state index in [0.717, 1.165) is 19.3 Å². The second-order valence-electron chi connectivity index (χ2n) is 3.46. The van der Waals surface area contributed by atoms with Gasteiger partial charge < -0.3 is 10.4 Å². The van der Waals surface area contributed by atoms with E-state index in [1.807, 2.05) is 0 Å². The van der Waals surface area contributed by atoms with Crippen molar-refractivity contribution in [1.29, 1.82) is 0 Å². The molecule has 13 heavy (non-hydrogen) atoms. The molecule has 2 atom stereocenters. The van der Waals surface area contributed by atoms with E-state index < -0.39 is 0 Å². The number of alkyl halides is 1. The molecule has 0 bridgehead atoms. The molecule has 0 radical (unpaired) electrons. The van der Waals surface area contributed by atoms with Gasteiger partial charge in [-0.25, -0.2) is 0 Å². The molecule has 1 aliphatic carbocycles. The lowest BCUT2D eigenvalue weighted by Crippen LogP contribution is -2.39. The molecular weight excluding hydrogens is 190 g/mol. The topological polar surface area (TPSA) is 49.3 Å². The Kier molecular flexibility index (Phi) is 4.53. The Hall–Kier alpha value is -0.280. The molecule has 0 aromatic rings. The van der Waals surface area contributed by atoms with Gasteiger partial charge in [0.25, 0.3) is 0 Å². The van der Waals surface area contributed by atoms with E-state index in [-0.39, 0.29) is 18.1 Å². The van der Waals surface area contributed by atoms with Crippen LogP contribution >= 0.6 is 11.6 Å². The van der Waals surface area contributed by atoms with Crippen LogP contribution in [0.1, 0.15) is 32.1 Å². The number of hydrogen-bond acceptors (Lipinski definition) is 2. The minimum atomic E-state index is -0.347. The van der Waals surface area contributed by atoms with Crippen LogP contribution in [0.4, 0.5) is 0 Å². The molecule has 1 fully saturated rings. The van der Waals surface area contributed by atoms with E-state index in [2.05, 4.69) is 5.32 Å².